The van der Waals surface area contributed by atoms with Crippen molar-refractivity contribution in [2.24, 2.45) is 0 Å². The van der Waals surface area contributed by atoms with Gasteiger partial charge in [-0.25, -0.2) is 16.8 Å². The molecule has 146 valence electrons. The number of rotatable bonds is 5. The maximum atomic E-state index is 12.8. The summed E-state index contributed by atoms with van der Waals surface area (Å²) in [5.41, 5.74) is 1.58. The average Bonchev–Trinajstić information content (AvgIpc) is 3.11. The standard InChI is InChI=1S/C18H21ClN2O4S2/c1-13-5-8-18(14(2)11-13)26(22,23)20-17-12-15(6-7-16(17)19)27(24,25)21-9-3-4-10-21/h5-8,11-12,20H,3-4,9-10H2,1-2H3. The SMILES string of the molecule is Cc1ccc(S(=O)(=O)Nc2cc(S(=O)(=O)N3CCCC3)ccc2Cl)c(C)c1. The minimum atomic E-state index is -3.91. The number of halogens is 1. The topological polar surface area (TPSA) is 83.5 Å². The first kappa shape index (κ1) is 20.1. The molecule has 0 atom stereocenters. The van der Waals surface area contributed by atoms with Crippen LogP contribution in [0.5, 0.6) is 0 Å². The van der Waals surface area contributed by atoms with E-state index >= 15 is 0 Å². The lowest BCUT2D eigenvalue weighted by Gasteiger charge is -2.17. The Morgan fingerprint density at radius 3 is 2.26 bits per heavy atom. The van der Waals surface area contributed by atoms with Crippen molar-refractivity contribution in [2.45, 2.75) is 36.5 Å². The predicted octanol–water partition coefficient (Wildman–Crippen LogP) is 3.54. The van der Waals surface area contributed by atoms with Gasteiger partial charge in [0, 0.05) is 13.1 Å². The number of nitrogens with one attached hydrogen (secondary N) is 1. The largest absolute Gasteiger partial charge is 0.278 e. The van der Waals surface area contributed by atoms with Gasteiger partial charge < -0.3 is 0 Å². The first-order chi connectivity index (χ1) is 12.6. The van der Waals surface area contributed by atoms with Crippen molar-refractivity contribution >= 4 is 37.3 Å². The van der Waals surface area contributed by atoms with Crippen molar-refractivity contribution in [3.63, 3.8) is 0 Å². The molecule has 1 heterocycles. The quantitative estimate of drug-likeness (QED) is 0.789. The molecule has 0 spiro atoms. The van der Waals surface area contributed by atoms with Crippen LogP contribution in [0.4, 0.5) is 5.69 Å². The van der Waals surface area contributed by atoms with Gasteiger partial charge in [0.2, 0.25) is 10.0 Å². The van der Waals surface area contributed by atoms with E-state index in [0.717, 1.165) is 18.4 Å². The molecule has 0 saturated carbocycles. The summed E-state index contributed by atoms with van der Waals surface area (Å²) in [4.78, 5) is 0.143. The fourth-order valence-corrected chi connectivity index (χ4v) is 6.18. The molecule has 0 amide bonds. The summed E-state index contributed by atoms with van der Waals surface area (Å²) < 4.78 is 54.8. The number of hydrogen-bond acceptors (Lipinski definition) is 4. The van der Waals surface area contributed by atoms with Crippen LogP contribution in [-0.2, 0) is 20.0 Å². The second kappa shape index (κ2) is 7.43. The van der Waals surface area contributed by atoms with Crippen molar-refractivity contribution in [3.05, 3.63) is 52.5 Å². The lowest BCUT2D eigenvalue weighted by atomic mass is 10.2. The summed E-state index contributed by atoms with van der Waals surface area (Å²) in [6.45, 7) is 4.51. The smallest absolute Gasteiger partial charge is 0.262 e. The Hall–Kier alpha value is -1.61. The molecule has 1 aliphatic heterocycles. The van der Waals surface area contributed by atoms with E-state index in [0.29, 0.717) is 18.7 Å². The van der Waals surface area contributed by atoms with Crippen molar-refractivity contribution in [1.82, 2.24) is 4.31 Å². The van der Waals surface area contributed by atoms with Crippen molar-refractivity contribution in [1.29, 1.82) is 0 Å². The molecule has 3 rings (SSSR count). The highest BCUT2D eigenvalue weighted by molar-refractivity contribution is 7.92. The molecule has 2 aromatic carbocycles. The van der Waals surface area contributed by atoms with E-state index in [1.54, 1.807) is 19.1 Å². The van der Waals surface area contributed by atoms with Gasteiger partial charge in [-0.2, -0.15) is 4.31 Å². The van der Waals surface area contributed by atoms with Gasteiger partial charge in [-0.3, -0.25) is 4.72 Å². The number of anilines is 1. The minimum absolute atomic E-state index is 0.0205. The zero-order valence-electron chi connectivity index (χ0n) is 15.1. The first-order valence-corrected chi connectivity index (χ1v) is 11.8. The highest BCUT2D eigenvalue weighted by Crippen LogP contribution is 2.30. The lowest BCUT2D eigenvalue weighted by Crippen LogP contribution is -2.28. The Morgan fingerprint density at radius 1 is 0.963 bits per heavy atom. The molecule has 0 aromatic heterocycles. The van der Waals surface area contributed by atoms with Crippen LogP contribution < -0.4 is 4.72 Å². The second-order valence-electron chi connectivity index (χ2n) is 6.63. The van der Waals surface area contributed by atoms with Gasteiger partial charge in [0.25, 0.3) is 10.0 Å². The van der Waals surface area contributed by atoms with E-state index in [9.17, 15) is 16.8 Å². The summed E-state index contributed by atoms with van der Waals surface area (Å²) in [6, 6.07) is 9.06. The monoisotopic (exact) mass is 428 g/mol. The zero-order valence-corrected chi connectivity index (χ0v) is 17.5. The Kier molecular flexibility index (Phi) is 5.54. The summed E-state index contributed by atoms with van der Waals surface area (Å²) in [5.74, 6) is 0. The van der Waals surface area contributed by atoms with Gasteiger partial charge in [-0.05, 0) is 56.5 Å². The van der Waals surface area contributed by atoms with E-state index in [1.807, 2.05) is 6.92 Å². The Balaban J connectivity index is 1.97. The number of sulfonamides is 2. The van der Waals surface area contributed by atoms with Crippen LogP contribution in [0.2, 0.25) is 5.02 Å². The molecular weight excluding hydrogens is 408 g/mol. The van der Waals surface area contributed by atoms with Gasteiger partial charge >= 0.3 is 0 Å². The van der Waals surface area contributed by atoms with Crippen molar-refractivity contribution in [3.8, 4) is 0 Å². The molecule has 0 radical (unpaired) electrons. The Labute approximate surface area is 165 Å². The molecule has 1 fully saturated rings. The van der Waals surface area contributed by atoms with E-state index in [4.69, 9.17) is 11.6 Å². The van der Waals surface area contributed by atoms with Crippen LogP contribution in [0, 0.1) is 13.8 Å². The van der Waals surface area contributed by atoms with E-state index in [1.165, 1.54) is 28.6 Å². The number of benzene rings is 2. The molecule has 0 bridgehead atoms. The third-order valence-electron chi connectivity index (χ3n) is 4.50. The van der Waals surface area contributed by atoms with Gasteiger partial charge in [-0.1, -0.05) is 29.3 Å². The maximum absolute atomic E-state index is 12.8. The Bertz CT molecular complexity index is 1080. The number of hydrogen-bond donors (Lipinski definition) is 1. The number of aryl methyl sites for hydroxylation is 2. The average molecular weight is 429 g/mol. The van der Waals surface area contributed by atoms with E-state index in [2.05, 4.69) is 4.72 Å². The molecule has 1 saturated heterocycles. The van der Waals surface area contributed by atoms with Crippen LogP contribution in [0.15, 0.2) is 46.2 Å². The van der Waals surface area contributed by atoms with Crippen molar-refractivity contribution < 1.29 is 16.8 Å². The van der Waals surface area contributed by atoms with Gasteiger partial charge in [0.05, 0.1) is 20.5 Å². The molecular formula is C18H21ClN2O4S2. The normalized spacial score (nSPS) is 15.8. The van der Waals surface area contributed by atoms with Crippen LogP contribution in [0.25, 0.3) is 0 Å². The van der Waals surface area contributed by atoms with E-state index in [-0.39, 0.29) is 20.5 Å². The first-order valence-electron chi connectivity index (χ1n) is 8.51. The van der Waals surface area contributed by atoms with Crippen LogP contribution in [0.3, 0.4) is 0 Å². The number of nitrogens with zero attached hydrogens (tertiary/aromatic N) is 1. The summed E-state index contributed by atoms with van der Waals surface area (Å²) in [6.07, 6.45) is 1.64. The molecule has 0 aliphatic carbocycles. The second-order valence-corrected chi connectivity index (χ2v) is 10.6. The molecule has 0 unspecified atom stereocenters. The van der Waals surface area contributed by atoms with Gasteiger partial charge in [0.1, 0.15) is 0 Å². The maximum Gasteiger partial charge on any atom is 0.262 e. The Morgan fingerprint density at radius 2 is 1.63 bits per heavy atom. The molecule has 6 nitrogen and oxygen atoms in total. The fourth-order valence-electron chi connectivity index (χ4n) is 3.12. The summed E-state index contributed by atoms with van der Waals surface area (Å²) >= 11 is 6.13. The van der Waals surface area contributed by atoms with Crippen LogP contribution >= 0.6 is 11.6 Å². The molecule has 27 heavy (non-hydrogen) atoms. The molecule has 2 aromatic rings. The molecule has 1 N–H and O–H groups in total. The third kappa shape index (κ3) is 4.13. The summed E-state index contributed by atoms with van der Waals surface area (Å²) in [5, 5.41) is 0.128. The minimum Gasteiger partial charge on any atom is -0.278 e. The predicted molar refractivity (Wildman–Crippen MR) is 106 cm³/mol. The lowest BCUT2D eigenvalue weighted by molar-refractivity contribution is 0.477. The fraction of sp³-hybridized carbons (Fsp3) is 0.333. The highest BCUT2D eigenvalue weighted by Gasteiger charge is 2.28. The zero-order chi connectivity index (χ0) is 19.8. The molecule has 9 heteroatoms. The van der Waals surface area contributed by atoms with Gasteiger partial charge in [-0.15, -0.1) is 0 Å². The van der Waals surface area contributed by atoms with E-state index < -0.39 is 20.0 Å². The third-order valence-corrected chi connectivity index (χ3v) is 8.25. The van der Waals surface area contributed by atoms with Crippen LogP contribution in [0.1, 0.15) is 24.0 Å². The van der Waals surface area contributed by atoms with Crippen molar-refractivity contribution in [2.75, 3.05) is 17.8 Å². The summed E-state index contributed by atoms with van der Waals surface area (Å²) in [7, 11) is -7.58. The molecule has 1 aliphatic rings. The van der Waals surface area contributed by atoms with Gasteiger partial charge in [0.15, 0.2) is 0 Å². The van der Waals surface area contributed by atoms with Crippen LogP contribution in [-0.4, -0.2) is 34.2 Å². The highest BCUT2D eigenvalue weighted by atomic mass is 35.5.